The topological polar surface area (TPSA) is 103 Å². The summed E-state index contributed by atoms with van der Waals surface area (Å²) in [7, 11) is -3.98. The number of fused-ring (bicyclic) bond motifs is 1. The quantitative estimate of drug-likeness (QED) is 0.564. The van der Waals surface area contributed by atoms with Crippen LogP contribution in [-0.2, 0) is 9.84 Å². The van der Waals surface area contributed by atoms with E-state index in [1.807, 2.05) is 0 Å². The molecule has 122 valence electrons. The maximum atomic E-state index is 13.0. The van der Waals surface area contributed by atoms with E-state index >= 15 is 0 Å². The van der Waals surface area contributed by atoms with Crippen molar-refractivity contribution in [2.75, 3.05) is 5.73 Å². The number of hydrogen-bond donors (Lipinski definition) is 1. The summed E-state index contributed by atoms with van der Waals surface area (Å²) in [6.45, 7) is 0. The Balaban J connectivity index is 2.24. The van der Waals surface area contributed by atoms with Crippen molar-refractivity contribution in [2.24, 2.45) is 0 Å². The van der Waals surface area contributed by atoms with Gasteiger partial charge < -0.3 is 5.73 Å². The van der Waals surface area contributed by atoms with Crippen LogP contribution in [0.5, 0.6) is 0 Å². The zero-order valence-corrected chi connectivity index (χ0v) is 13.7. The lowest BCUT2D eigenvalue weighted by atomic mass is 10.2. The average Bonchev–Trinajstić information content (AvgIpc) is 2.72. The molecular weight excluding hydrogens is 352 g/mol. The van der Waals surface area contributed by atoms with Gasteiger partial charge in [0.05, 0.1) is 20.5 Å². The van der Waals surface area contributed by atoms with Crippen LogP contribution in [0, 0.1) is 10.1 Å². The summed E-state index contributed by atoms with van der Waals surface area (Å²) >= 11 is 6.19. The summed E-state index contributed by atoms with van der Waals surface area (Å²) in [4.78, 5) is 9.94. The summed E-state index contributed by atoms with van der Waals surface area (Å²) in [5.74, 6) is 0. The molecule has 0 saturated carbocycles. The molecule has 0 heterocycles. The largest absolute Gasteiger partial charge is 0.396 e. The summed E-state index contributed by atoms with van der Waals surface area (Å²) in [5, 5.41) is 10.9. The molecule has 1 aromatic carbocycles. The van der Waals surface area contributed by atoms with Crippen molar-refractivity contribution >= 4 is 32.8 Å². The van der Waals surface area contributed by atoms with Crippen LogP contribution in [-0.4, -0.2) is 13.3 Å². The molecule has 2 N–H and O–H groups in total. The fourth-order valence-corrected chi connectivity index (χ4v) is 4.39. The van der Waals surface area contributed by atoms with Gasteiger partial charge in [-0.05, 0) is 12.1 Å². The van der Waals surface area contributed by atoms with E-state index in [1.165, 1.54) is 12.1 Å². The molecule has 0 saturated heterocycles. The highest BCUT2D eigenvalue weighted by Gasteiger charge is 2.30. The minimum Gasteiger partial charge on any atom is -0.396 e. The first kappa shape index (κ1) is 16.2. The first-order chi connectivity index (χ1) is 11.3. The lowest BCUT2D eigenvalue weighted by Gasteiger charge is -2.06. The highest BCUT2D eigenvalue weighted by Crippen LogP contribution is 2.46. The van der Waals surface area contributed by atoms with Gasteiger partial charge in [0, 0.05) is 23.3 Å². The van der Waals surface area contributed by atoms with Gasteiger partial charge in [0.15, 0.2) is 0 Å². The maximum absolute atomic E-state index is 13.0. The molecule has 24 heavy (non-hydrogen) atoms. The third kappa shape index (κ3) is 2.47. The van der Waals surface area contributed by atoms with E-state index in [-0.39, 0.29) is 26.2 Å². The smallest absolute Gasteiger partial charge is 0.269 e. The molecule has 0 atom stereocenters. The molecule has 0 aliphatic heterocycles. The molecule has 3 rings (SSSR count). The summed E-state index contributed by atoms with van der Waals surface area (Å²) in [5.41, 5.74) is 6.64. The predicted molar refractivity (Wildman–Crippen MR) is 91.0 cm³/mol. The Kier molecular flexibility index (Phi) is 3.90. The summed E-state index contributed by atoms with van der Waals surface area (Å²) in [6, 6.07) is 13.1. The molecule has 2 aliphatic rings. The lowest BCUT2D eigenvalue weighted by Crippen LogP contribution is -2.04. The van der Waals surface area contributed by atoms with Crippen molar-refractivity contribution in [2.45, 2.75) is 9.79 Å². The zero-order valence-electron chi connectivity index (χ0n) is 12.1. The fraction of sp³-hybridized carbons (Fsp3) is 0. The van der Waals surface area contributed by atoms with Crippen LogP contribution in [0.1, 0.15) is 0 Å². The van der Waals surface area contributed by atoms with Crippen LogP contribution in [0.4, 0.5) is 11.4 Å². The molecule has 6 nitrogen and oxygen atoms in total. The molecule has 0 bridgehead atoms. The molecule has 8 heteroatoms. The van der Waals surface area contributed by atoms with Gasteiger partial charge in [0.2, 0.25) is 9.84 Å². The second-order valence-corrected chi connectivity index (χ2v) is 7.31. The van der Waals surface area contributed by atoms with E-state index in [9.17, 15) is 18.5 Å². The average molecular weight is 363 g/mol. The molecule has 0 aromatic heterocycles. The van der Waals surface area contributed by atoms with Crippen molar-refractivity contribution in [3.05, 3.63) is 69.7 Å². The van der Waals surface area contributed by atoms with Crippen molar-refractivity contribution in [1.82, 2.24) is 0 Å². The van der Waals surface area contributed by atoms with Crippen molar-refractivity contribution in [1.29, 1.82) is 0 Å². The van der Waals surface area contributed by atoms with E-state index < -0.39 is 14.8 Å². The van der Waals surface area contributed by atoms with Gasteiger partial charge >= 0.3 is 0 Å². The van der Waals surface area contributed by atoms with Crippen LogP contribution >= 0.6 is 11.6 Å². The zero-order chi connectivity index (χ0) is 17.5. The summed E-state index contributed by atoms with van der Waals surface area (Å²) < 4.78 is 25.9. The van der Waals surface area contributed by atoms with E-state index in [0.717, 1.165) is 12.1 Å². The molecule has 0 spiro atoms. The first-order valence-electron chi connectivity index (χ1n) is 6.79. The minimum atomic E-state index is -3.98. The third-order valence-electron chi connectivity index (χ3n) is 3.63. The monoisotopic (exact) mass is 362 g/mol. The van der Waals surface area contributed by atoms with E-state index in [4.69, 9.17) is 17.3 Å². The molecule has 0 unspecified atom stereocenters. The Bertz CT molecular complexity index is 1020. The van der Waals surface area contributed by atoms with Gasteiger partial charge in [-0.2, -0.15) is 0 Å². The Morgan fingerprint density at radius 3 is 2.12 bits per heavy atom. The normalized spacial score (nSPS) is 11.5. The van der Waals surface area contributed by atoms with Crippen LogP contribution in [0.2, 0.25) is 5.02 Å². The second kappa shape index (κ2) is 5.77. The number of sulfone groups is 1. The summed E-state index contributed by atoms with van der Waals surface area (Å²) in [6.07, 6.45) is 0. The van der Waals surface area contributed by atoms with E-state index in [2.05, 4.69) is 0 Å². The van der Waals surface area contributed by atoms with Gasteiger partial charge in [-0.1, -0.05) is 41.9 Å². The van der Waals surface area contributed by atoms with Gasteiger partial charge in [0.25, 0.3) is 5.69 Å². The number of rotatable bonds is 3. The highest BCUT2D eigenvalue weighted by molar-refractivity contribution is 7.91. The van der Waals surface area contributed by atoms with Crippen molar-refractivity contribution in [3.8, 4) is 11.1 Å². The molecule has 2 aliphatic carbocycles. The first-order valence-corrected chi connectivity index (χ1v) is 8.65. The van der Waals surface area contributed by atoms with E-state index in [1.54, 1.807) is 30.3 Å². The number of nitrogens with zero attached hydrogens (tertiary/aromatic N) is 1. The van der Waals surface area contributed by atoms with Gasteiger partial charge in [-0.15, -0.1) is 0 Å². The molecule has 1 aromatic rings. The second-order valence-electron chi connectivity index (χ2n) is 5.05. The third-order valence-corrected chi connectivity index (χ3v) is 5.90. The molecule has 0 radical (unpaired) electrons. The van der Waals surface area contributed by atoms with Gasteiger partial charge in [0.1, 0.15) is 4.90 Å². The number of nitrogens with two attached hydrogens (primary N) is 1. The fourth-order valence-electron chi connectivity index (χ4n) is 2.48. The number of halogens is 1. The lowest BCUT2D eigenvalue weighted by molar-refractivity contribution is -0.384. The van der Waals surface area contributed by atoms with Crippen LogP contribution in [0.3, 0.4) is 0 Å². The van der Waals surface area contributed by atoms with Gasteiger partial charge in [-0.25, -0.2) is 8.42 Å². The molecule has 0 amide bonds. The van der Waals surface area contributed by atoms with Crippen LogP contribution < -0.4 is 5.73 Å². The minimum absolute atomic E-state index is 0.0313. The number of benzene rings is 1. The number of non-ortho nitro benzene ring substituents is 1. The Labute approximate surface area is 142 Å². The molecular formula is C16H11ClN2O4S. The number of nitro groups is 1. The van der Waals surface area contributed by atoms with Crippen LogP contribution in [0.15, 0.2) is 64.4 Å². The SMILES string of the molecule is Nc1c(Cl)c2cccccc-2c1S(=O)(=O)c1ccc([N+](=O)[O-])cc1. The van der Waals surface area contributed by atoms with Crippen LogP contribution in [0.25, 0.3) is 11.1 Å². The maximum Gasteiger partial charge on any atom is 0.269 e. The Hall–Kier alpha value is -2.64. The van der Waals surface area contributed by atoms with Gasteiger partial charge in [-0.3, -0.25) is 10.1 Å². The Morgan fingerprint density at radius 1 is 0.958 bits per heavy atom. The standard InChI is InChI=1S/C16H11ClN2O4S/c17-14-12-4-2-1-3-5-13(12)16(15(14)18)24(22,23)11-8-6-10(7-9-11)19(20)21/h1-9H,18H2. The number of nitrogen functional groups attached to an aromatic ring is 1. The Morgan fingerprint density at radius 2 is 1.54 bits per heavy atom. The number of hydrogen-bond acceptors (Lipinski definition) is 5. The number of nitro benzene ring substituents is 1. The number of anilines is 1. The van der Waals surface area contributed by atoms with E-state index in [0.29, 0.717) is 11.1 Å². The highest BCUT2D eigenvalue weighted by atomic mass is 35.5. The van der Waals surface area contributed by atoms with Crippen molar-refractivity contribution < 1.29 is 13.3 Å². The molecule has 0 fully saturated rings. The van der Waals surface area contributed by atoms with Crippen molar-refractivity contribution in [3.63, 3.8) is 0 Å². The predicted octanol–water partition coefficient (Wildman–Crippen LogP) is 3.77.